The fourth-order valence-corrected chi connectivity index (χ4v) is 4.14. The number of amides is 4. The molecule has 4 rings (SSSR count). The summed E-state index contributed by atoms with van der Waals surface area (Å²) >= 11 is 0. The zero-order chi connectivity index (χ0) is 24.6. The van der Waals surface area contributed by atoms with Gasteiger partial charge < -0.3 is 10.2 Å². The fraction of sp³-hybridized carbons (Fsp3) is 0.304. The van der Waals surface area contributed by atoms with E-state index in [-0.39, 0.29) is 36.1 Å². The Morgan fingerprint density at radius 2 is 1.82 bits per heavy atom. The first kappa shape index (κ1) is 23.4. The van der Waals surface area contributed by atoms with Crippen LogP contribution < -0.4 is 10.6 Å². The van der Waals surface area contributed by atoms with Crippen LogP contribution in [0.25, 0.3) is 0 Å². The number of halogens is 4. The van der Waals surface area contributed by atoms with Crippen LogP contribution in [0.15, 0.2) is 42.5 Å². The summed E-state index contributed by atoms with van der Waals surface area (Å²) in [6, 6.07) is 6.18. The van der Waals surface area contributed by atoms with E-state index in [0.29, 0.717) is 5.56 Å². The molecule has 0 bridgehead atoms. The summed E-state index contributed by atoms with van der Waals surface area (Å²) in [4.78, 5) is 50.4. The number of alkyl halides is 3. The highest BCUT2D eigenvalue weighted by Crippen LogP contribution is 2.31. The number of nitrogens with one attached hydrogen (secondary N) is 2. The molecule has 2 N–H and O–H groups in total. The molecule has 0 saturated carbocycles. The van der Waals surface area contributed by atoms with Crippen molar-refractivity contribution >= 4 is 23.6 Å². The lowest BCUT2D eigenvalue weighted by molar-refractivity contribution is -0.140. The van der Waals surface area contributed by atoms with Gasteiger partial charge in [0.25, 0.3) is 11.8 Å². The standard InChI is InChI=1S/C23H19F4N3O4/c24-15-4-1-12(2-5-15)17(10-23(25,26)27)28-20(32)13-3-6-16-14(9-13)11-30(22(16)34)18-7-8-19(31)29-21(18)33/h1-6,9,17-18H,7-8,10-11H2,(H,28,32)(H,29,31,33)/t17-,18?/m0/s1. The Hall–Kier alpha value is -3.76. The summed E-state index contributed by atoms with van der Waals surface area (Å²) in [7, 11) is 0. The van der Waals surface area contributed by atoms with Crippen molar-refractivity contribution < 1.29 is 36.7 Å². The Kier molecular flexibility index (Phi) is 6.11. The van der Waals surface area contributed by atoms with Gasteiger partial charge in [-0.3, -0.25) is 24.5 Å². The Bertz CT molecular complexity index is 1160. The van der Waals surface area contributed by atoms with Crippen molar-refractivity contribution in [1.29, 1.82) is 0 Å². The first-order valence-electron chi connectivity index (χ1n) is 10.4. The van der Waals surface area contributed by atoms with Gasteiger partial charge in [0.1, 0.15) is 11.9 Å². The van der Waals surface area contributed by atoms with Gasteiger partial charge in [-0.05, 0) is 47.9 Å². The van der Waals surface area contributed by atoms with Crippen LogP contribution in [-0.2, 0) is 16.1 Å². The number of fused-ring (bicyclic) bond motifs is 1. The van der Waals surface area contributed by atoms with Crippen molar-refractivity contribution in [2.75, 3.05) is 0 Å². The average Bonchev–Trinajstić information content (AvgIpc) is 3.08. The molecule has 2 heterocycles. The SMILES string of the molecule is O=C1CCC(N2Cc3cc(C(=O)N[C@@H](CC(F)(F)F)c4ccc(F)cc4)ccc3C2=O)C(=O)N1. The summed E-state index contributed by atoms with van der Waals surface area (Å²) < 4.78 is 52.5. The highest BCUT2D eigenvalue weighted by molar-refractivity contribution is 6.06. The van der Waals surface area contributed by atoms with Gasteiger partial charge in [0.15, 0.2) is 0 Å². The van der Waals surface area contributed by atoms with Gasteiger partial charge in [-0.2, -0.15) is 13.2 Å². The molecule has 2 aromatic carbocycles. The Morgan fingerprint density at radius 1 is 1.12 bits per heavy atom. The molecule has 1 fully saturated rings. The monoisotopic (exact) mass is 477 g/mol. The summed E-state index contributed by atoms with van der Waals surface area (Å²) in [5.74, 6) is -2.85. The second-order valence-corrected chi connectivity index (χ2v) is 8.17. The van der Waals surface area contributed by atoms with E-state index in [4.69, 9.17) is 0 Å². The lowest BCUT2D eigenvalue weighted by Crippen LogP contribution is -2.52. The third-order valence-electron chi connectivity index (χ3n) is 5.80. The van der Waals surface area contributed by atoms with E-state index in [2.05, 4.69) is 10.6 Å². The quantitative estimate of drug-likeness (QED) is 0.511. The minimum absolute atomic E-state index is 0.0194. The van der Waals surface area contributed by atoms with E-state index in [1.807, 2.05) is 0 Å². The zero-order valence-electron chi connectivity index (χ0n) is 17.6. The van der Waals surface area contributed by atoms with Crippen LogP contribution in [0.3, 0.4) is 0 Å². The molecule has 34 heavy (non-hydrogen) atoms. The van der Waals surface area contributed by atoms with Crippen LogP contribution in [0.4, 0.5) is 17.6 Å². The summed E-state index contributed by atoms with van der Waals surface area (Å²) in [6.45, 7) is 0.0194. The second-order valence-electron chi connectivity index (χ2n) is 8.17. The van der Waals surface area contributed by atoms with E-state index in [9.17, 15) is 36.7 Å². The minimum Gasteiger partial charge on any atom is -0.345 e. The number of hydrogen-bond donors (Lipinski definition) is 2. The third-order valence-corrected chi connectivity index (χ3v) is 5.80. The predicted molar refractivity (Wildman–Crippen MR) is 110 cm³/mol. The number of hydrogen-bond acceptors (Lipinski definition) is 4. The molecular weight excluding hydrogens is 458 g/mol. The predicted octanol–water partition coefficient (Wildman–Crippen LogP) is 3.01. The van der Waals surface area contributed by atoms with Crippen LogP contribution in [0.2, 0.25) is 0 Å². The first-order valence-corrected chi connectivity index (χ1v) is 10.4. The third kappa shape index (κ3) is 4.92. The normalized spacial score (nSPS) is 19.0. The highest BCUT2D eigenvalue weighted by Gasteiger charge is 2.39. The van der Waals surface area contributed by atoms with Gasteiger partial charge >= 0.3 is 6.18 Å². The number of nitrogens with zero attached hydrogens (tertiary/aromatic N) is 1. The second kappa shape index (κ2) is 8.88. The molecule has 2 atom stereocenters. The van der Waals surface area contributed by atoms with Gasteiger partial charge in [-0.15, -0.1) is 0 Å². The lowest BCUT2D eigenvalue weighted by Gasteiger charge is -2.29. The smallest absolute Gasteiger partial charge is 0.345 e. The van der Waals surface area contributed by atoms with Gasteiger partial charge in [0.05, 0.1) is 12.5 Å². The number of carbonyl (C=O) groups is 4. The Labute approximate surface area is 191 Å². The largest absolute Gasteiger partial charge is 0.391 e. The first-order chi connectivity index (χ1) is 16.0. The Morgan fingerprint density at radius 3 is 2.47 bits per heavy atom. The maximum absolute atomic E-state index is 13.2. The van der Waals surface area contributed by atoms with Crippen molar-refractivity contribution in [3.05, 3.63) is 70.5 Å². The molecule has 1 saturated heterocycles. The summed E-state index contributed by atoms with van der Waals surface area (Å²) in [5, 5.41) is 4.52. The molecule has 2 aliphatic heterocycles. The molecule has 178 valence electrons. The molecule has 4 amide bonds. The number of carbonyl (C=O) groups excluding carboxylic acids is 4. The molecule has 2 aromatic rings. The van der Waals surface area contributed by atoms with Crippen LogP contribution in [0, 0.1) is 5.82 Å². The molecule has 2 aliphatic rings. The summed E-state index contributed by atoms with van der Waals surface area (Å²) in [5.41, 5.74) is 0.835. The fourth-order valence-electron chi connectivity index (χ4n) is 4.14. The maximum atomic E-state index is 13.2. The van der Waals surface area contributed by atoms with Crippen molar-refractivity contribution in [2.24, 2.45) is 0 Å². The van der Waals surface area contributed by atoms with Gasteiger partial charge in [-0.1, -0.05) is 12.1 Å². The Balaban J connectivity index is 1.53. The molecule has 7 nitrogen and oxygen atoms in total. The summed E-state index contributed by atoms with van der Waals surface area (Å²) in [6.07, 6.45) is -5.67. The number of imide groups is 1. The van der Waals surface area contributed by atoms with Crippen molar-refractivity contribution in [3.63, 3.8) is 0 Å². The van der Waals surface area contributed by atoms with Crippen LogP contribution in [0.1, 0.15) is 57.1 Å². The molecule has 11 heteroatoms. The highest BCUT2D eigenvalue weighted by atomic mass is 19.4. The molecular formula is C23H19F4N3O4. The molecule has 0 aliphatic carbocycles. The van der Waals surface area contributed by atoms with Crippen molar-refractivity contribution in [1.82, 2.24) is 15.5 Å². The van der Waals surface area contributed by atoms with Crippen molar-refractivity contribution in [2.45, 2.75) is 44.1 Å². The van der Waals surface area contributed by atoms with E-state index in [1.54, 1.807) is 0 Å². The number of rotatable bonds is 5. The molecule has 0 aromatic heterocycles. The van der Waals surface area contributed by atoms with Crippen molar-refractivity contribution in [3.8, 4) is 0 Å². The van der Waals surface area contributed by atoms with Gasteiger partial charge in [-0.25, -0.2) is 4.39 Å². The molecule has 0 radical (unpaired) electrons. The average molecular weight is 477 g/mol. The number of benzene rings is 2. The maximum Gasteiger partial charge on any atom is 0.391 e. The number of piperidine rings is 1. The van der Waals surface area contributed by atoms with E-state index in [0.717, 1.165) is 12.1 Å². The van der Waals surface area contributed by atoms with E-state index >= 15 is 0 Å². The van der Waals surface area contributed by atoms with Crippen LogP contribution in [-0.4, -0.2) is 40.7 Å². The van der Waals surface area contributed by atoms with Gasteiger partial charge in [0.2, 0.25) is 11.8 Å². The van der Waals surface area contributed by atoms with Gasteiger partial charge in [0, 0.05) is 24.1 Å². The van der Waals surface area contributed by atoms with Crippen LogP contribution >= 0.6 is 0 Å². The topological polar surface area (TPSA) is 95.6 Å². The zero-order valence-corrected chi connectivity index (χ0v) is 17.6. The minimum atomic E-state index is -4.58. The molecule has 0 spiro atoms. The van der Waals surface area contributed by atoms with Crippen LogP contribution in [0.5, 0.6) is 0 Å². The molecule has 1 unspecified atom stereocenters. The van der Waals surface area contributed by atoms with E-state index < -0.39 is 54.1 Å². The lowest BCUT2D eigenvalue weighted by atomic mass is 10.0. The van der Waals surface area contributed by atoms with E-state index in [1.165, 1.54) is 35.2 Å².